The molecule has 182 valence electrons. The number of nitrogens with zero attached hydrogens (tertiary/aromatic N) is 3. The molecule has 2 aromatic heterocycles. The molecule has 4 rings (SSSR count). The number of ether oxygens (including phenoxy) is 1. The van der Waals surface area contributed by atoms with Gasteiger partial charge in [0.2, 0.25) is 0 Å². The largest absolute Gasteiger partial charge is 0.444 e. The predicted octanol–water partition coefficient (Wildman–Crippen LogP) is 4.74. The van der Waals surface area contributed by atoms with E-state index in [4.69, 9.17) is 4.74 Å². The normalized spacial score (nSPS) is 15.6. The van der Waals surface area contributed by atoms with E-state index in [0.717, 1.165) is 30.4 Å². The summed E-state index contributed by atoms with van der Waals surface area (Å²) in [5.41, 5.74) is 2.07. The molecule has 1 aliphatic heterocycles. The van der Waals surface area contributed by atoms with Gasteiger partial charge in [-0.15, -0.1) is 0 Å². The minimum absolute atomic E-state index is 0.265. The van der Waals surface area contributed by atoms with Gasteiger partial charge in [0.05, 0.1) is 17.8 Å². The molecule has 0 unspecified atom stereocenters. The van der Waals surface area contributed by atoms with Gasteiger partial charge in [-0.2, -0.15) is 0 Å². The highest BCUT2D eigenvalue weighted by molar-refractivity contribution is 7.90. The third-order valence-electron chi connectivity index (χ3n) is 6.02. The van der Waals surface area contributed by atoms with Gasteiger partial charge in [0, 0.05) is 37.1 Å². The van der Waals surface area contributed by atoms with Gasteiger partial charge in [0.15, 0.2) is 9.84 Å². The number of hydrogen-bond acceptors (Lipinski definition) is 5. The highest BCUT2D eigenvalue weighted by Gasteiger charge is 2.27. The first-order valence-corrected chi connectivity index (χ1v) is 13.2. The van der Waals surface area contributed by atoms with Crippen molar-refractivity contribution >= 4 is 26.8 Å². The Morgan fingerprint density at radius 3 is 2.47 bits per heavy atom. The molecule has 1 fully saturated rings. The Morgan fingerprint density at radius 2 is 1.88 bits per heavy atom. The van der Waals surface area contributed by atoms with Crippen LogP contribution in [0.25, 0.3) is 10.9 Å². The van der Waals surface area contributed by atoms with Crippen molar-refractivity contribution in [3.05, 3.63) is 59.8 Å². The van der Waals surface area contributed by atoms with Crippen LogP contribution in [0.1, 0.15) is 50.8 Å². The van der Waals surface area contributed by atoms with E-state index in [1.807, 2.05) is 37.6 Å². The van der Waals surface area contributed by atoms with Crippen LogP contribution in [-0.4, -0.2) is 53.9 Å². The number of halogens is 1. The summed E-state index contributed by atoms with van der Waals surface area (Å²) < 4.78 is 45.3. The number of hydrogen-bond donors (Lipinski definition) is 0. The number of carbonyl (C=O) groups excluding carboxylic acids is 1. The molecule has 34 heavy (non-hydrogen) atoms. The van der Waals surface area contributed by atoms with Crippen LogP contribution in [0.5, 0.6) is 0 Å². The van der Waals surface area contributed by atoms with Gasteiger partial charge in [-0.3, -0.25) is 4.98 Å². The molecule has 1 aliphatic rings. The molecule has 0 spiro atoms. The standard InChI is InChI=1S/C25H30FN3O4S/c1-25(2,3)33-24(30)28-10-7-17(8-11-28)19-5-6-20(27-15-19)16-29-12-9-18-13-23(34(4,31)32)21(26)14-22(18)29/h5-6,9,12-15,17H,7-8,10-11,16H2,1-4H3. The fraction of sp³-hybridized carbons (Fsp3) is 0.440. The number of sulfone groups is 1. The zero-order valence-electron chi connectivity index (χ0n) is 19.9. The number of aromatic nitrogens is 2. The van der Waals surface area contributed by atoms with Gasteiger partial charge < -0.3 is 14.2 Å². The summed E-state index contributed by atoms with van der Waals surface area (Å²) in [6, 6.07) is 8.43. The molecule has 0 radical (unpaired) electrons. The van der Waals surface area contributed by atoms with E-state index in [2.05, 4.69) is 11.1 Å². The fourth-order valence-electron chi connectivity index (χ4n) is 4.28. The molecule has 7 nitrogen and oxygen atoms in total. The second-order valence-corrected chi connectivity index (χ2v) is 11.9. The highest BCUT2D eigenvalue weighted by atomic mass is 32.2. The van der Waals surface area contributed by atoms with Crippen LogP contribution >= 0.6 is 0 Å². The summed E-state index contributed by atoms with van der Waals surface area (Å²) >= 11 is 0. The Kier molecular flexibility index (Phi) is 6.42. The molecule has 0 bridgehead atoms. The lowest BCUT2D eigenvalue weighted by atomic mass is 9.90. The fourth-order valence-corrected chi connectivity index (χ4v) is 5.03. The van der Waals surface area contributed by atoms with Crippen molar-refractivity contribution in [1.29, 1.82) is 0 Å². The van der Waals surface area contributed by atoms with E-state index in [0.29, 0.717) is 36.5 Å². The summed E-state index contributed by atoms with van der Waals surface area (Å²) in [6.07, 6.45) is 6.11. The van der Waals surface area contributed by atoms with Crippen LogP contribution in [0, 0.1) is 5.82 Å². The van der Waals surface area contributed by atoms with Gasteiger partial charge in [-0.25, -0.2) is 17.6 Å². The average Bonchev–Trinajstić information content (AvgIpc) is 3.13. The number of pyridine rings is 1. The first kappa shape index (κ1) is 24.2. The van der Waals surface area contributed by atoms with Gasteiger partial charge in [-0.1, -0.05) is 6.07 Å². The third-order valence-corrected chi connectivity index (χ3v) is 7.13. The van der Waals surface area contributed by atoms with E-state index < -0.39 is 21.3 Å². The van der Waals surface area contributed by atoms with E-state index in [1.165, 1.54) is 12.1 Å². The Bertz CT molecular complexity index is 1300. The molecular weight excluding hydrogens is 457 g/mol. The molecule has 0 N–H and O–H groups in total. The van der Waals surface area contributed by atoms with Crippen LogP contribution in [0.15, 0.2) is 47.6 Å². The minimum Gasteiger partial charge on any atom is -0.444 e. The second kappa shape index (κ2) is 9.02. The number of carbonyl (C=O) groups is 1. The van der Waals surface area contributed by atoms with Gasteiger partial charge >= 0.3 is 6.09 Å². The van der Waals surface area contributed by atoms with Gasteiger partial charge in [0.25, 0.3) is 0 Å². The van der Waals surface area contributed by atoms with Crippen molar-refractivity contribution in [2.75, 3.05) is 19.3 Å². The maximum atomic E-state index is 14.4. The summed E-state index contributed by atoms with van der Waals surface area (Å²) in [4.78, 5) is 18.3. The molecule has 0 atom stereocenters. The smallest absolute Gasteiger partial charge is 0.410 e. The zero-order chi connectivity index (χ0) is 24.7. The topological polar surface area (TPSA) is 81.5 Å². The zero-order valence-corrected chi connectivity index (χ0v) is 20.7. The van der Waals surface area contributed by atoms with Crippen LogP contribution in [-0.2, 0) is 21.1 Å². The SMILES string of the molecule is CC(C)(C)OC(=O)N1CCC(c2ccc(Cn3ccc4cc(S(C)(=O)=O)c(F)cc43)nc2)CC1. The minimum atomic E-state index is -3.63. The Hall–Kier alpha value is -2.94. The number of amides is 1. The van der Waals surface area contributed by atoms with Gasteiger partial charge in [-0.05, 0) is 69.4 Å². The molecule has 0 aliphatic carbocycles. The van der Waals surface area contributed by atoms with Crippen molar-refractivity contribution in [3.8, 4) is 0 Å². The second-order valence-electron chi connectivity index (χ2n) is 9.88. The monoisotopic (exact) mass is 487 g/mol. The lowest BCUT2D eigenvalue weighted by Crippen LogP contribution is -2.41. The lowest BCUT2D eigenvalue weighted by molar-refractivity contribution is 0.0205. The maximum Gasteiger partial charge on any atom is 0.410 e. The number of piperidine rings is 1. The Labute approximate surface area is 199 Å². The van der Waals surface area contributed by atoms with Crippen molar-refractivity contribution in [3.63, 3.8) is 0 Å². The predicted molar refractivity (Wildman–Crippen MR) is 128 cm³/mol. The number of rotatable bonds is 4. The third kappa shape index (κ3) is 5.41. The van der Waals surface area contributed by atoms with E-state index in [1.54, 1.807) is 17.2 Å². The van der Waals surface area contributed by atoms with Crippen LogP contribution in [0.4, 0.5) is 9.18 Å². The number of fused-ring (bicyclic) bond motifs is 1. The molecular formula is C25H30FN3O4S. The summed E-state index contributed by atoms with van der Waals surface area (Å²) in [7, 11) is -3.63. The number of benzene rings is 1. The molecule has 9 heteroatoms. The average molecular weight is 488 g/mol. The quantitative estimate of drug-likeness (QED) is 0.531. The van der Waals surface area contributed by atoms with Crippen molar-refractivity contribution in [2.24, 2.45) is 0 Å². The Balaban J connectivity index is 1.42. The summed E-state index contributed by atoms with van der Waals surface area (Å²) in [5, 5.41) is 0.662. The van der Waals surface area contributed by atoms with Gasteiger partial charge in [0.1, 0.15) is 16.3 Å². The van der Waals surface area contributed by atoms with Crippen LogP contribution < -0.4 is 0 Å². The van der Waals surface area contributed by atoms with Crippen LogP contribution in [0.3, 0.4) is 0 Å². The Morgan fingerprint density at radius 1 is 1.18 bits per heavy atom. The highest BCUT2D eigenvalue weighted by Crippen LogP contribution is 2.29. The summed E-state index contributed by atoms with van der Waals surface area (Å²) in [5.74, 6) is -0.424. The molecule has 1 amide bonds. The van der Waals surface area contributed by atoms with Crippen molar-refractivity contribution in [1.82, 2.24) is 14.5 Å². The first-order chi connectivity index (χ1) is 15.9. The van der Waals surface area contributed by atoms with E-state index in [-0.39, 0.29) is 11.0 Å². The van der Waals surface area contributed by atoms with E-state index >= 15 is 0 Å². The maximum absolute atomic E-state index is 14.4. The molecule has 3 heterocycles. The molecule has 3 aromatic rings. The lowest BCUT2D eigenvalue weighted by Gasteiger charge is -2.33. The molecule has 0 saturated carbocycles. The van der Waals surface area contributed by atoms with Crippen molar-refractivity contribution < 1.29 is 22.3 Å². The van der Waals surface area contributed by atoms with Crippen molar-refractivity contribution in [2.45, 2.75) is 56.6 Å². The number of likely N-dealkylation sites (tertiary alicyclic amines) is 1. The van der Waals surface area contributed by atoms with E-state index in [9.17, 15) is 17.6 Å². The summed E-state index contributed by atoms with van der Waals surface area (Å²) in [6.45, 7) is 7.34. The first-order valence-electron chi connectivity index (χ1n) is 11.3. The molecule has 1 saturated heterocycles. The molecule has 1 aromatic carbocycles. The van der Waals surface area contributed by atoms with Crippen LogP contribution in [0.2, 0.25) is 0 Å².